The Hall–Kier alpha value is -3.71. The lowest BCUT2D eigenvalue weighted by molar-refractivity contribution is 0.415. The second kappa shape index (κ2) is 7.03. The smallest absolute Gasteiger partial charge is 0.197 e. The highest BCUT2D eigenvalue weighted by atomic mass is 35.5. The maximum atomic E-state index is 6.30. The molecule has 2 aromatic carbocycles. The van der Waals surface area contributed by atoms with E-state index in [1.807, 2.05) is 48.5 Å². The standard InChI is InChI=1S/C21H14ClN5O2/c1-28-14-6-7-16-12(9-14)8-13(20(22)26-16)10-25-27-21-19-18(23-11-24-21)15-4-2-3-5-17(15)29-19/h2-11H,1H3,(H,23,24,27)/b25-10-. The molecule has 3 aromatic heterocycles. The van der Waals surface area contributed by atoms with Gasteiger partial charge in [0.1, 0.15) is 28.3 Å². The third-order valence-electron chi connectivity index (χ3n) is 4.53. The molecule has 0 aliphatic rings. The van der Waals surface area contributed by atoms with Crippen molar-refractivity contribution in [1.82, 2.24) is 15.0 Å². The van der Waals surface area contributed by atoms with E-state index in [1.165, 1.54) is 6.33 Å². The molecule has 1 N–H and O–H groups in total. The van der Waals surface area contributed by atoms with Gasteiger partial charge < -0.3 is 9.15 Å². The van der Waals surface area contributed by atoms with E-state index in [1.54, 1.807) is 13.3 Å². The predicted molar refractivity (Wildman–Crippen MR) is 114 cm³/mol. The van der Waals surface area contributed by atoms with Crippen LogP contribution in [0.3, 0.4) is 0 Å². The number of fused-ring (bicyclic) bond motifs is 4. The lowest BCUT2D eigenvalue weighted by Crippen LogP contribution is -1.96. The van der Waals surface area contributed by atoms with Crippen LogP contribution in [0.4, 0.5) is 5.82 Å². The SMILES string of the molecule is COc1ccc2nc(Cl)c(/C=N\Nc3ncnc4c3oc3ccccc34)cc2c1. The van der Waals surface area contributed by atoms with Gasteiger partial charge in [-0.25, -0.2) is 15.0 Å². The van der Waals surface area contributed by atoms with Gasteiger partial charge in [0.15, 0.2) is 11.4 Å². The number of pyridine rings is 1. The molecule has 0 aliphatic heterocycles. The first-order valence-electron chi connectivity index (χ1n) is 8.78. The van der Waals surface area contributed by atoms with E-state index in [2.05, 4.69) is 25.5 Å². The number of aromatic nitrogens is 3. The van der Waals surface area contributed by atoms with Crippen LogP contribution < -0.4 is 10.2 Å². The molecule has 0 saturated heterocycles. The van der Waals surface area contributed by atoms with E-state index in [-0.39, 0.29) is 0 Å². The largest absolute Gasteiger partial charge is 0.497 e. The van der Waals surface area contributed by atoms with Crippen molar-refractivity contribution in [3.63, 3.8) is 0 Å². The Bertz CT molecular complexity index is 1400. The number of ether oxygens (including phenoxy) is 1. The number of rotatable bonds is 4. The minimum Gasteiger partial charge on any atom is -0.497 e. The molecule has 29 heavy (non-hydrogen) atoms. The third-order valence-corrected chi connectivity index (χ3v) is 4.84. The molecule has 0 spiro atoms. The summed E-state index contributed by atoms with van der Waals surface area (Å²) in [4.78, 5) is 13.0. The average molecular weight is 404 g/mol. The van der Waals surface area contributed by atoms with E-state index in [0.29, 0.717) is 22.1 Å². The van der Waals surface area contributed by atoms with E-state index in [4.69, 9.17) is 20.8 Å². The Labute approximate surface area is 170 Å². The topological polar surface area (TPSA) is 85.4 Å². The molecule has 3 heterocycles. The van der Waals surface area contributed by atoms with Crippen LogP contribution in [0, 0.1) is 0 Å². The Morgan fingerprint density at radius 3 is 2.93 bits per heavy atom. The zero-order valence-corrected chi connectivity index (χ0v) is 16.0. The van der Waals surface area contributed by atoms with Gasteiger partial charge in [-0.2, -0.15) is 5.10 Å². The van der Waals surface area contributed by atoms with Gasteiger partial charge >= 0.3 is 0 Å². The molecule has 0 radical (unpaired) electrons. The number of furan rings is 1. The summed E-state index contributed by atoms with van der Waals surface area (Å²) in [5.41, 5.74) is 6.36. The molecule has 0 aliphatic carbocycles. The molecular formula is C21H14ClN5O2. The zero-order valence-electron chi connectivity index (χ0n) is 15.3. The van der Waals surface area contributed by atoms with Crippen molar-refractivity contribution in [2.24, 2.45) is 5.10 Å². The minimum atomic E-state index is 0.352. The van der Waals surface area contributed by atoms with E-state index in [0.717, 1.165) is 33.1 Å². The predicted octanol–water partition coefficient (Wildman–Crippen LogP) is 5.03. The van der Waals surface area contributed by atoms with Crippen molar-refractivity contribution in [2.75, 3.05) is 12.5 Å². The molecule has 142 valence electrons. The highest BCUT2D eigenvalue weighted by Gasteiger charge is 2.12. The molecule has 5 aromatic rings. The first-order valence-corrected chi connectivity index (χ1v) is 9.16. The van der Waals surface area contributed by atoms with Crippen molar-refractivity contribution in [2.45, 2.75) is 0 Å². The number of hydrazone groups is 1. The van der Waals surface area contributed by atoms with Crippen LogP contribution in [0.1, 0.15) is 5.56 Å². The van der Waals surface area contributed by atoms with Gasteiger partial charge in [0.05, 0.1) is 18.8 Å². The fraction of sp³-hybridized carbons (Fsp3) is 0.0476. The second-order valence-electron chi connectivity index (χ2n) is 6.30. The van der Waals surface area contributed by atoms with Crippen LogP contribution >= 0.6 is 11.6 Å². The van der Waals surface area contributed by atoms with Gasteiger partial charge in [-0.15, -0.1) is 0 Å². The van der Waals surface area contributed by atoms with E-state index in [9.17, 15) is 0 Å². The summed E-state index contributed by atoms with van der Waals surface area (Å²) >= 11 is 6.30. The fourth-order valence-corrected chi connectivity index (χ4v) is 3.33. The van der Waals surface area contributed by atoms with Gasteiger partial charge in [-0.3, -0.25) is 5.43 Å². The number of para-hydroxylation sites is 1. The third kappa shape index (κ3) is 3.11. The van der Waals surface area contributed by atoms with Crippen LogP contribution in [0.2, 0.25) is 5.15 Å². The zero-order chi connectivity index (χ0) is 19.8. The summed E-state index contributed by atoms with van der Waals surface area (Å²) in [5, 5.41) is 6.44. The van der Waals surface area contributed by atoms with Crippen LogP contribution in [0.5, 0.6) is 5.75 Å². The lowest BCUT2D eigenvalue weighted by Gasteiger charge is -2.05. The van der Waals surface area contributed by atoms with Crippen molar-refractivity contribution in [3.8, 4) is 5.75 Å². The quantitative estimate of drug-likeness (QED) is 0.257. The molecule has 5 rings (SSSR count). The van der Waals surface area contributed by atoms with Crippen molar-refractivity contribution < 1.29 is 9.15 Å². The molecule has 0 saturated carbocycles. The van der Waals surface area contributed by atoms with E-state index < -0.39 is 0 Å². The number of nitrogens with one attached hydrogen (secondary N) is 1. The molecule has 0 unspecified atom stereocenters. The van der Waals surface area contributed by atoms with Crippen LogP contribution in [0.25, 0.3) is 33.0 Å². The summed E-state index contributed by atoms with van der Waals surface area (Å²) in [7, 11) is 1.62. The monoisotopic (exact) mass is 403 g/mol. The molecule has 0 atom stereocenters. The molecular weight excluding hydrogens is 390 g/mol. The van der Waals surface area contributed by atoms with Gasteiger partial charge in [-0.1, -0.05) is 23.7 Å². The first-order chi connectivity index (χ1) is 14.2. The number of hydrogen-bond donors (Lipinski definition) is 1. The number of benzene rings is 2. The number of nitrogens with zero attached hydrogens (tertiary/aromatic N) is 4. The number of anilines is 1. The molecule has 0 amide bonds. The Kier molecular flexibility index (Phi) is 4.22. The second-order valence-corrected chi connectivity index (χ2v) is 6.65. The van der Waals surface area contributed by atoms with Crippen molar-refractivity contribution in [1.29, 1.82) is 0 Å². The van der Waals surface area contributed by atoms with Gasteiger partial charge in [-0.05, 0) is 36.4 Å². The Morgan fingerprint density at radius 1 is 1.14 bits per heavy atom. The molecule has 0 bridgehead atoms. The van der Waals surface area contributed by atoms with Crippen LogP contribution in [-0.2, 0) is 0 Å². The summed E-state index contributed by atoms with van der Waals surface area (Å²) in [6.07, 6.45) is 3.06. The van der Waals surface area contributed by atoms with E-state index >= 15 is 0 Å². The summed E-state index contributed by atoms with van der Waals surface area (Å²) in [6, 6.07) is 15.2. The lowest BCUT2D eigenvalue weighted by atomic mass is 10.1. The molecule has 7 nitrogen and oxygen atoms in total. The molecule has 8 heteroatoms. The first kappa shape index (κ1) is 17.4. The Morgan fingerprint density at radius 2 is 2.03 bits per heavy atom. The van der Waals surface area contributed by atoms with Crippen molar-refractivity contribution in [3.05, 3.63) is 65.6 Å². The molecule has 0 fully saturated rings. The number of hydrogen-bond acceptors (Lipinski definition) is 7. The average Bonchev–Trinajstić information content (AvgIpc) is 3.13. The summed E-state index contributed by atoms with van der Waals surface area (Å²) < 4.78 is 11.1. The summed E-state index contributed by atoms with van der Waals surface area (Å²) in [6.45, 7) is 0. The van der Waals surface area contributed by atoms with Gasteiger partial charge in [0, 0.05) is 16.3 Å². The van der Waals surface area contributed by atoms with Gasteiger partial charge in [0.2, 0.25) is 0 Å². The Balaban J connectivity index is 1.49. The van der Waals surface area contributed by atoms with Crippen LogP contribution in [-0.4, -0.2) is 28.3 Å². The maximum Gasteiger partial charge on any atom is 0.197 e. The highest BCUT2D eigenvalue weighted by Crippen LogP contribution is 2.30. The highest BCUT2D eigenvalue weighted by molar-refractivity contribution is 6.32. The van der Waals surface area contributed by atoms with Gasteiger partial charge in [0.25, 0.3) is 0 Å². The number of halogens is 1. The summed E-state index contributed by atoms with van der Waals surface area (Å²) in [5.74, 6) is 1.21. The van der Waals surface area contributed by atoms with Crippen LogP contribution in [0.15, 0.2) is 64.4 Å². The minimum absolute atomic E-state index is 0.352. The van der Waals surface area contributed by atoms with Crippen molar-refractivity contribution >= 4 is 56.6 Å². The fourth-order valence-electron chi connectivity index (χ4n) is 3.13. The maximum absolute atomic E-state index is 6.30. The normalized spacial score (nSPS) is 11.7. The number of methoxy groups -OCH3 is 1.